The van der Waals surface area contributed by atoms with Gasteiger partial charge >= 0.3 is 0 Å². The van der Waals surface area contributed by atoms with Gasteiger partial charge in [0.1, 0.15) is 11.5 Å². The largest absolute Gasteiger partial charge is 0.497 e. The summed E-state index contributed by atoms with van der Waals surface area (Å²) >= 11 is 1.72. The zero-order valence-corrected chi connectivity index (χ0v) is 17.7. The third-order valence-electron chi connectivity index (χ3n) is 4.13. The summed E-state index contributed by atoms with van der Waals surface area (Å²) in [7, 11) is 5.36. The molecule has 0 saturated heterocycles. The van der Waals surface area contributed by atoms with E-state index in [-0.39, 0.29) is 0 Å². The molecule has 148 valence electrons. The molecule has 1 N–H and O–H groups in total. The van der Waals surface area contributed by atoms with Crippen molar-refractivity contribution < 1.29 is 9.47 Å². The average molecular weight is 391 g/mol. The van der Waals surface area contributed by atoms with E-state index in [2.05, 4.69) is 34.4 Å². The summed E-state index contributed by atoms with van der Waals surface area (Å²) in [6.45, 7) is 6.42. The molecule has 27 heavy (non-hydrogen) atoms. The number of guanidine groups is 1. The van der Waals surface area contributed by atoms with E-state index in [4.69, 9.17) is 14.5 Å². The zero-order chi connectivity index (χ0) is 19.6. The number of benzene rings is 1. The smallest absolute Gasteiger partial charge is 0.193 e. The van der Waals surface area contributed by atoms with E-state index in [1.54, 1.807) is 25.6 Å². The van der Waals surface area contributed by atoms with Crippen LogP contribution in [0.25, 0.3) is 0 Å². The highest BCUT2D eigenvalue weighted by atomic mass is 32.1. The Kier molecular flexibility index (Phi) is 8.39. The van der Waals surface area contributed by atoms with Gasteiger partial charge in [0.05, 0.1) is 24.9 Å². The molecular weight excluding hydrogens is 360 g/mol. The van der Waals surface area contributed by atoms with Gasteiger partial charge in [-0.15, -0.1) is 11.3 Å². The number of methoxy groups -OCH3 is 2. The van der Waals surface area contributed by atoms with Crippen molar-refractivity contribution in [3.8, 4) is 11.5 Å². The molecule has 6 nitrogen and oxygen atoms in total. The van der Waals surface area contributed by atoms with Crippen LogP contribution in [0, 0.1) is 0 Å². The minimum Gasteiger partial charge on any atom is -0.497 e. The first-order chi connectivity index (χ1) is 13.1. The van der Waals surface area contributed by atoms with E-state index in [1.165, 1.54) is 5.01 Å². The van der Waals surface area contributed by atoms with Crippen LogP contribution in [0.3, 0.4) is 0 Å². The van der Waals surface area contributed by atoms with Crippen LogP contribution < -0.4 is 14.8 Å². The van der Waals surface area contributed by atoms with Gasteiger partial charge in [-0.2, -0.15) is 0 Å². The normalized spacial score (nSPS) is 11.4. The molecule has 0 spiro atoms. The first-order valence-electron chi connectivity index (χ1n) is 9.24. The van der Waals surface area contributed by atoms with E-state index in [9.17, 15) is 0 Å². The SMILES string of the molecule is CCNC(=NCCc1csc(CC)n1)N(C)Cc1ccc(OC)cc1OC. The third kappa shape index (κ3) is 6.13. The van der Waals surface area contributed by atoms with Crippen molar-refractivity contribution in [2.75, 3.05) is 34.4 Å². The standard InChI is InChI=1S/C20H30N4O2S/c1-6-19-23-16(14-27-19)10-11-22-20(21-7-2)24(3)13-15-8-9-17(25-4)12-18(15)26-5/h8-9,12,14H,6-7,10-11,13H2,1-5H3,(H,21,22). The molecule has 1 heterocycles. The highest BCUT2D eigenvalue weighted by Gasteiger charge is 2.11. The number of thiazole rings is 1. The minimum absolute atomic E-state index is 0.690. The molecule has 0 bridgehead atoms. The maximum Gasteiger partial charge on any atom is 0.193 e. The summed E-state index contributed by atoms with van der Waals surface area (Å²) in [4.78, 5) is 11.5. The second kappa shape index (κ2) is 10.8. The van der Waals surface area contributed by atoms with Crippen molar-refractivity contribution in [3.05, 3.63) is 39.8 Å². The molecule has 2 rings (SSSR count). The van der Waals surface area contributed by atoms with Crippen LogP contribution in [0.2, 0.25) is 0 Å². The number of hydrogen-bond acceptors (Lipinski definition) is 5. The first-order valence-corrected chi connectivity index (χ1v) is 10.1. The number of nitrogens with zero attached hydrogens (tertiary/aromatic N) is 3. The molecule has 7 heteroatoms. The molecule has 0 fully saturated rings. The predicted octanol–water partition coefficient (Wildman–Crippen LogP) is 3.36. The van der Waals surface area contributed by atoms with Gasteiger partial charge in [-0.05, 0) is 25.5 Å². The minimum atomic E-state index is 0.690. The Labute approximate surface area is 166 Å². The van der Waals surface area contributed by atoms with E-state index in [1.807, 2.05) is 25.2 Å². The maximum atomic E-state index is 5.51. The number of aliphatic imine (C=N–C) groups is 1. The molecule has 0 aliphatic carbocycles. The number of nitrogens with one attached hydrogen (secondary N) is 1. The molecule has 0 atom stereocenters. The Balaban J connectivity index is 2.03. The molecule has 0 aliphatic rings. The number of ether oxygens (including phenoxy) is 2. The van der Waals surface area contributed by atoms with Crippen molar-refractivity contribution in [2.45, 2.75) is 33.2 Å². The molecular formula is C20H30N4O2S. The lowest BCUT2D eigenvalue weighted by molar-refractivity contribution is 0.382. The van der Waals surface area contributed by atoms with Gasteiger partial charge in [0.25, 0.3) is 0 Å². The van der Waals surface area contributed by atoms with Gasteiger partial charge in [-0.1, -0.05) is 6.92 Å². The number of hydrogen-bond donors (Lipinski definition) is 1. The highest BCUT2D eigenvalue weighted by Crippen LogP contribution is 2.25. The van der Waals surface area contributed by atoms with Gasteiger partial charge in [0.15, 0.2) is 5.96 Å². The van der Waals surface area contributed by atoms with Gasteiger partial charge in [-0.25, -0.2) is 4.98 Å². The van der Waals surface area contributed by atoms with Gasteiger partial charge in [0.2, 0.25) is 0 Å². The molecule has 0 unspecified atom stereocenters. The van der Waals surface area contributed by atoms with E-state index < -0.39 is 0 Å². The van der Waals surface area contributed by atoms with Crippen LogP contribution >= 0.6 is 11.3 Å². The summed E-state index contributed by atoms with van der Waals surface area (Å²) < 4.78 is 10.8. The fraction of sp³-hybridized carbons (Fsp3) is 0.500. The maximum absolute atomic E-state index is 5.51. The second-order valence-corrected chi connectivity index (χ2v) is 7.05. The topological polar surface area (TPSA) is 59.0 Å². The predicted molar refractivity (Wildman–Crippen MR) is 112 cm³/mol. The lowest BCUT2D eigenvalue weighted by atomic mass is 10.2. The Morgan fingerprint density at radius 2 is 2.07 bits per heavy atom. The Bertz CT molecular complexity index is 745. The summed E-state index contributed by atoms with van der Waals surface area (Å²) in [6, 6.07) is 5.88. The number of rotatable bonds is 9. The van der Waals surface area contributed by atoms with Crippen molar-refractivity contribution in [2.24, 2.45) is 4.99 Å². The molecule has 0 radical (unpaired) electrons. The van der Waals surface area contributed by atoms with Crippen LogP contribution in [0.1, 0.15) is 30.1 Å². The number of aromatic nitrogens is 1. The Morgan fingerprint density at radius 1 is 1.26 bits per heavy atom. The molecule has 1 aromatic carbocycles. The molecule has 2 aromatic rings. The fourth-order valence-electron chi connectivity index (χ4n) is 2.69. The summed E-state index contributed by atoms with van der Waals surface area (Å²) in [5.74, 6) is 2.47. The van der Waals surface area contributed by atoms with Crippen LogP contribution in [-0.2, 0) is 19.4 Å². The van der Waals surface area contributed by atoms with Crippen LogP contribution in [0.5, 0.6) is 11.5 Å². The van der Waals surface area contributed by atoms with Crippen LogP contribution in [0.4, 0.5) is 0 Å². The summed E-state index contributed by atoms with van der Waals surface area (Å²) in [5.41, 5.74) is 2.20. The average Bonchev–Trinajstić information content (AvgIpc) is 3.15. The molecule has 0 saturated carbocycles. The van der Waals surface area contributed by atoms with E-state index >= 15 is 0 Å². The molecule has 1 aromatic heterocycles. The van der Waals surface area contributed by atoms with Gasteiger partial charge < -0.3 is 19.7 Å². The summed E-state index contributed by atoms with van der Waals surface area (Å²) in [5, 5.41) is 6.67. The Morgan fingerprint density at radius 3 is 2.70 bits per heavy atom. The van der Waals surface area contributed by atoms with Crippen molar-refractivity contribution in [1.82, 2.24) is 15.2 Å². The summed E-state index contributed by atoms with van der Waals surface area (Å²) in [6.07, 6.45) is 1.84. The van der Waals surface area contributed by atoms with E-state index in [0.29, 0.717) is 13.1 Å². The van der Waals surface area contributed by atoms with Crippen LogP contribution in [-0.4, -0.2) is 50.2 Å². The van der Waals surface area contributed by atoms with Gasteiger partial charge in [0, 0.05) is 50.1 Å². The van der Waals surface area contributed by atoms with Gasteiger partial charge in [-0.3, -0.25) is 4.99 Å². The van der Waals surface area contributed by atoms with E-state index in [0.717, 1.165) is 48.1 Å². The zero-order valence-electron chi connectivity index (χ0n) is 16.9. The first kappa shape index (κ1) is 21.0. The fourth-order valence-corrected chi connectivity index (χ4v) is 3.46. The van der Waals surface area contributed by atoms with Crippen molar-refractivity contribution in [3.63, 3.8) is 0 Å². The van der Waals surface area contributed by atoms with Crippen molar-refractivity contribution in [1.29, 1.82) is 0 Å². The quantitative estimate of drug-likeness (QED) is 0.525. The molecule has 0 amide bonds. The monoisotopic (exact) mass is 390 g/mol. The third-order valence-corrected chi connectivity index (χ3v) is 5.17. The lowest BCUT2D eigenvalue weighted by Gasteiger charge is -2.23. The van der Waals surface area contributed by atoms with Crippen LogP contribution in [0.15, 0.2) is 28.6 Å². The second-order valence-electron chi connectivity index (χ2n) is 6.11. The Hall–Kier alpha value is -2.28. The van der Waals surface area contributed by atoms with Crippen molar-refractivity contribution >= 4 is 17.3 Å². The number of aryl methyl sites for hydroxylation is 1. The highest BCUT2D eigenvalue weighted by molar-refractivity contribution is 7.09. The lowest BCUT2D eigenvalue weighted by Crippen LogP contribution is -2.38. The molecule has 0 aliphatic heterocycles.